The Labute approximate surface area is 87.3 Å². The number of rotatable bonds is 4. The van der Waals surface area contributed by atoms with Crippen molar-refractivity contribution in [3.63, 3.8) is 0 Å². The molecule has 75 valence electrons. The Morgan fingerprint density at radius 2 is 2.31 bits per heavy atom. The Morgan fingerprint density at radius 1 is 1.62 bits per heavy atom. The van der Waals surface area contributed by atoms with Crippen LogP contribution in [0.5, 0.6) is 0 Å². The Bertz CT molecular complexity index is 246. The zero-order valence-electron chi connectivity index (χ0n) is 8.78. The van der Waals surface area contributed by atoms with Gasteiger partial charge >= 0.3 is 87.2 Å². The molecule has 1 unspecified atom stereocenters. The SMILES string of the molecule is C=C[CH](C1=C(CC)C=CC1)[Ru]([CH3])[CH3]. The molecule has 0 amide bonds. The summed E-state index contributed by atoms with van der Waals surface area (Å²) in [6.07, 6.45) is 9.10. The van der Waals surface area contributed by atoms with E-state index in [9.17, 15) is 0 Å². The molecule has 0 saturated carbocycles. The molecule has 0 aromatic heterocycles. The average Bonchev–Trinajstić information content (AvgIpc) is 2.53. The molecule has 1 aliphatic carbocycles. The third kappa shape index (κ3) is 2.41. The van der Waals surface area contributed by atoms with Gasteiger partial charge in [0.05, 0.1) is 0 Å². The molecular formula is C12H19Ru. The Kier molecular flexibility index (Phi) is 4.12. The van der Waals surface area contributed by atoms with Crippen LogP contribution in [0.4, 0.5) is 0 Å². The van der Waals surface area contributed by atoms with Crippen LogP contribution in [0.2, 0.25) is 15.5 Å². The quantitative estimate of drug-likeness (QED) is 0.523. The van der Waals surface area contributed by atoms with Gasteiger partial charge in [-0.2, -0.15) is 0 Å². The van der Waals surface area contributed by atoms with Gasteiger partial charge in [-0.05, 0) is 0 Å². The van der Waals surface area contributed by atoms with Crippen molar-refractivity contribution in [2.75, 3.05) is 0 Å². The van der Waals surface area contributed by atoms with E-state index < -0.39 is 16.0 Å². The van der Waals surface area contributed by atoms with E-state index in [-0.39, 0.29) is 0 Å². The van der Waals surface area contributed by atoms with E-state index in [0.717, 1.165) is 4.51 Å². The fourth-order valence-corrected chi connectivity index (χ4v) is 4.31. The third-order valence-electron chi connectivity index (χ3n) is 2.42. The van der Waals surface area contributed by atoms with Gasteiger partial charge in [0.1, 0.15) is 0 Å². The Morgan fingerprint density at radius 3 is 2.77 bits per heavy atom. The molecule has 1 atom stereocenters. The second kappa shape index (κ2) is 4.91. The van der Waals surface area contributed by atoms with E-state index in [0.29, 0.717) is 0 Å². The first-order chi connectivity index (χ1) is 6.20. The van der Waals surface area contributed by atoms with Crippen LogP contribution in [-0.4, -0.2) is 0 Å². The van der Waals surface area contributed by atoms with Crippen molar-refractivity contribution in [2.24, 2.45) is 0 Å². The fraction of sp³-hybridized carbons (Fsp3) is 0.500. The molecule has 0 bridgehead atoms. The van der Waals surface area contributed by atoms with Crippen molar-refractivity contribution < 1.29 is 16.0 Å². The van der Waals surface area contributed by atoms with Gasteiger partial charge < -0.3 is 0 Å². The first-order valence-corrected chi connectivity index (χ1v) is 9.12. The molecule has 0 fully saturated rings. The molecule has 1 aliphatic rings. The summed E-state index contributed by atoms with van der Waals surface area (Å²) in [6, 6.07) is 0. The average molecular weight is 264 g/mol. The maximum atomic E-state index is 3.97. The molecule has 1 rings (SSSR count). The summed E-state index contributed by atoms with van der Waals surface area (Å²) >= 11 is -0.648. The monoisotopic (exact) mass is 265 g/mol. The molecule has 13 heavy (non-hydrogen) atoms. The third-order valence-corrected chi connectivity index (χ3v) is 5.59. The van der Waals surface area contributed by atoms with Crippen molar-refractivity contribution in [2.45, 2.75) is 35.3 Å². The van der Waals surface area contributed by atoms with Gasteiger partial charge in [-0.1, -0.05) is 0 Å². The van der Waals surface area contributed by atoms with Crippen LogP contribution < -0.4 is 0 Å². The first kappa shape index (κ1) is 10.9. The van der Waals surface area contributed by atoms with E-state index in [1.54, 1.807) is 11.1 Å². The summed E-state index contributed by atoms with van der Waals surface area (Å²) in [7, 11) is 0. The molecule has 0 spiro atoms. The second-order valence-electron chi connectivity index (χ2n) is 3.39. The molecule has 0 nitrogen and oxygen atoms in total. The summed E-state index contributed by atoms with van der Waals surface area (Å²) in [5.74, 6) is 0. The second-order valence-corrected chi connectivity index (χ2v) is 8.22. The minimum absolute atomic E-state index is 0.648. The van der Waals surface area contributed by atoms with E-state index in [4.69, 9.17) is 0 Å². The van der Waals surface area contributed by atoms with E-state index in [2.05, 4.69) is 42.8 Å². The standard InChI is InChI=1S/C10H13.2CH3.Ru/c1-3-6-10-8-5-7-9(10)4-2;;;/h3,5-7H,1,4,8H2,2H3;2*1H3;. The van der Waals surface area contributed by atoms with Crippen LogP contribution in [0, 0.1) is 0 Å². The summed E-state index contributed by atoms with van der Waals surface area (Å²) in [6.45, 7) is 6.21. The van der Waals surface area contributed by atoms with Gasteiger partial charge in [0.15, 0.2) is 0 Å². The Balaban J connectivity index is 2.86. The zero-order chi connectivity index (χ0) is 9.84. The molecule has 0 aliphatic heterocycles. The maximum absolute atomic E-state index is 3.97. The minimum atomic E-state index is -0.648. The summed E-state index contributed by atoms with van der Waals surface area (Å²) in [5, 5.41) is 0. The van der Waals surface area contributed by atoms with Crippen LogP contribution in [0.25, 0.3) is 0 Å². The summed E-state index contributed by atoms with van der Waals surface area (Å²) in [5.41, 5.74) is 8.04. The summed E-state index contributed by atoms with van der Waals surface area (Å²) < 4.78 is 0.717. The van der Waals surface area contributed by atoms with Crippen molar-refractivity contribution >= 4 is 0 Å². The molecule has 0 aromatic rings. The van der Waals surface area contributed by atoms with Crippen LogP contribution in [-0.2, 0) is 16.0 Å². The molecule has 0 N–H and O–H groups in total. The topological polar surface area (TPSA) is 0 Å². The number of hydrogen-bond acceptors (Lipinski definition) is 0. The van der Waals surface area contributed by atoms with Crippen LogP contribution in [0.1, 0.15) is 19.8 Å². The summed E-state index contributed by atoms with van der Waals surface area (Å²) in [4.78, 5) is 0. The molecule has 1 heteroatoms. The fourth-order valence-electron chi connectivity index (χ4n) is 1.75. The van der Waals surface area contributed by atoms with Crippen LogP contribution >= 0.6 is 0 Å². The normalized spacial score (nSPS) is 19.2. The van der Waals surface area contributed by atoms with Crippen molar-refractivity contribution in [1.82, 2.24) is 0 Å². The van der Waals surface area contributed by atoms with E-state index in [1.807, 2.05) is 0 Å². The van der Waals surface area contributed by atoms with Gasteiger partial charge in [0.25, 0.3) is 0 Å². The van der Waals surface area contributed by atoms with E-state index >= 15 is 0 Å². The zero-order valence-corrected chi connectivity index (χ0v) is 10.5. The molecule has 0 heterocycles. The van der Waals surface area contributed by atoms with Crippen LogP contribution in [0.3, 0.4) is 0 Å². The predicted molar refractivity (Wildman–Crippen MR) is 56.7 cm³/mol. The number of hydrogen-bond donors (Lipinski definition) is 0. The predicted octanol–water partition coefficient (Wildman–Crippen LogP) is 4.34. The van der Waals surface area contributed by atoms with Gasteiger partial charge in [0, 0.05) is 0 Å². The van der Waals surface area contributed by atoms with Gasteiger partial charge in [-0.25, -0.2) is 0 Å². The molecule has 0 radical (unpaired) electrons. The van der Waals surface area contributed by atoms with Gasteiger partial charge in [-0.3, -0.25) is 0 Å². The van der Waals surface area contributed by atoms with E-state index in [1.165, 1.54) is 12.8 Å². The van der Waals surface area contributed by atoms with Crippen LogP contribution in [0.15, 0.2) is 36.0 Å². The Hall–Kier alpha value is -0.157. The first-order valence-electron chi connectivity index (χ1n) is 4.64. The number of allylic oxidation sites excluding steroid dienone is 5. The molecule has 0 aromatic carbocycles. The van der Waals surface area contributed by atoms with Gasteiger partial charge in [0.2, 0.25) is 0 Å². The van der Waals surface area contributed by atoms with Crippen molar-refractivity contribution in [3.8, 4) is 0 Å². The van der Waals surface area contributed by atoms with Crippen molar-refractivity contribution in [3.05, 3.63) is 36.0 Å². The molecular weight excluding hydrogens is 245 g/mol. The molecule has 0 saturated heterocycles. The van der Waals surface area contributed by atoms with Crippen molar-refractivity contribution in [1.29, 1.82) is 0 Å². The van der Waals surface area contributed by atoms with Gasteiger partial charge in [-0.15, -0.1) is 0 Å².